The molecule has 0 bridgehead atoms. The van der Waals surface area contributed by atoms with E-state index in [4.69, 9.17) is 0 Å². The minimum Gasteiger partial charge on any atom is -0.355 e. The number of amides is 3. The molecule has 0 atom stereocenters. The van der Waals surface area contributed by atoms with Crippen molar-refractivity contribution >= 4 is 23.4 Å². The second-order valence-corrected chi connectivity index (χ2v) is 6.40. The standard InChI is InChI=1S/C20H22F2N4O3/c1-23-20(29)14-5-3-13(4-6-14)11-26(2)12-19(28)24-10-18(27)25-15-7-8-16(21)17(22)9-15/h3-9H,10-12H2,1-2H3,(H,23,29)(H,24,28)(H,25,27). The number of nitrogens with one attached hydrogen (secondary N) is 3. The Hall–Kier alpha value is -3.33. The molecule has 154 valence electrons. The molecule has 0 aliphatic rings. The van der Waals surface area contributed by atoms with Gasteiger partial charge in [-0.25, -0.2) is 8.78 Å². The van der Waals surface area contributed by atoms with Crippen LogP contribution < -0.4 is 16.0 Å². The van der Waals surface area contributed by atoms with Gasteiger partial charge in [-0.1, -0.05) is 12.1 Å². The van der Waals surface area contributed by atoms with Crippen molar-refractivity contribution in [3.63, 3.8) is 0 Å². The zero-order chi connectivity index (χ0) is 21.4. The van der Waals surface area contributed by atoms with Crippen LogP contribution in [0.4, 0.5) is 14.5 Å². The van der Waals surface area contributed by atoms with E-state index in [0.717, 1.165) is 17.7 Å². The second-order valence-electron chi connectivity index (χ2n) is 6.40. The molecule has 0 fully saturated rings. The monoisotopic (exact) mass is 404 g/mol. The molecule has 0 heterocycles. The number of carbonyl (C=O) groups is 3. The Bertz CT molecular complexity index is 888. The summed E-state index contributed by atoms with van der Waals surface area (Å²) in [6.07, 6.45) is 0. The molecule has 0 aliphatic carbocycles. The molecule has 2 rings (SSSR count). The van der Waals surface area contributed by atoms with E-state index in [9.17, 15) is 23.2 Å². The predicted molar refractivity (Wildman–Crippen MR) is 104 cm³/mol. The van der Waals surface area contributed by atoms with Crippen molar-refractivity contribution in [3.05, 3.63) is 65.2 Å². The number of hydrogen-bond donors (Lipinski definition) is 3. The maximum atomic E-state index is 13.1. The number of carbonyl (C=O) groups excluding carboxylic acids is 3. The van der Waals surface area contributed by atoms with Gasteiger partial charge in [-0.15, -0.1) is 0 Å². The minimum atomic E-state index is -1.07. The third-order valence-electron chi connectivity index (χ3n) is 3.96. The first-order chi connectivity index (χ1) is 13.8. The van der Waals surface area contributed by atoms with Gasteiger partial charge in [-0.3, -0.25) is 19.3 Å². The lowest BCUT2D eigenvalue weighted by atomic mass is 10.1. The Balaban J connectivity index is 1.75. The van der Waals surface area contributed by atoms with Crippen molar-refractivity contribution in [3.8, 4) is 0 Å². The van der Waals surface area contributed by atoms with E-state index >= 15 is 0 Å². The topological polar surface area (TPSA) is 90.5 Å². The summed E-state index contributed by atoms with van der Waals surface area (Å²) in [5.41, 5.74) is 1.56. The number of likely N-dealkylation sites (N-methyl/N-ethyl adjacent to an activating group) is 1. The van der Waals surface area contributed by atoms with Crippen LogP contribution in [-0.2, 0) is 16.1 Å². The van der Waals surface area contributed by atoms with E-state index in [-0.39, 0.29) is 30.6 Å². The number of halogens is 2. The van der Waals surface area contributed by atoms with Crippen LogP contribution in [0, 0.1) is 11.6 Å². The minimum absolute atomic E-state index is 0.0512. The summed E-state index contributed by atoms with van der Waals surface area (Å²) < 4.78 is 26.0. The SMILES string of the molecule is CNC(=O)c1ccc(CN(C)CC(=O)NCC(=O)Nc2ccc(F)c(F)c2)cc1. The summed E-state index contributed by atoms with van der Waals surface area (Å²) in [7, 11) is 3.30. The van der Waals surface area contributed by atoms with E-state index in [0.29, 0.717) is 12.1 Å². The van der Waals surface area contributed by atoms with Crippen molar-refractivity contribution in [2.45, 2.75) is 6.54 Å². The highest BCUT2D eigenvalue weighted by Crippen LogP contribution is 2.12. The second kappa shape index (κ2) is 10.3. The molecule has 9 heteroatoms. The Morgan fingerprint density at radius 3 is 2.28 bits per heavy atom. The first-order valence-electron chi connectivity index (χ1n) is 8.79. The van der Waals surface area contributed by atoms with Gasteiger partial charge < -0.3 is 16.0 Å². The molecule has 0 saturated heterocycles. The quantitative estimate of drug-likeness (QED) is 0.622. The molecule has 2 aromatic carbocycles. The molecule has 0 spiro atoms. The van der Waals surface area contributed by atoms with Crippen LogP contribution in [0.1, 0.15) is 15.9 Å². The Labute approximate surface area is 167 Å². The van der Waals surface area contributed by atoms with E-state index in [2.05, 4.69) is 16.0 Å². The highest BCUT2D eigenvalue weighted by molar-refractivity contribution is 5.95. The maximum Gasteiger partial charge on any atom is 0.251 e. The first-order valence-corrected chi connectivity index (χ1v) is 8.79. The summed E-state index contributed by atoms with van der Waals surface area (Å²) >= 11 is 0. The van der Waals surface area contributed by atoms with Crippen LogP contribution in [0.2, 0.25) is 0 Å². The number of anilines is 1. The van der Waals surface area contributed by atoms with Crippen molar-refractivity contribution in [2.75, 3.05) is 32.5 Å². The summed E-state index contributed by atoms with van der Waals surface area (Å²) in [6, 6.07) is 9.98. The van der Waals surface area contributed by atoms with Crippen LogP contribution in [0.25, 0.3) is 0 Å². The molecule has 29 heavy (non-hydrogen) atoms. The summed E-state index contributed by atoms with van der Waals surface area (Å²) in [6.45, 7) is 0.227. The average molecular weight is 404 g/mol. The number of hydrogen-bond acceptors (Lipinski definition) is 4. The number of nitrogens with zero attached hydrogens (tertiary/aromatic N) is 1. The van der Waals surface area contributed by atoms with Gasteiger partial charge in [0.2, 0.25) is 11.8 Å². The molecule has 0 aliphatic heterocycles. The highest BCUT2D eigenvalue weighted by Gasteiger charge is 2.11. The van der Waals surface area contributed by atoms with E-state index < -0.39 is 17.5 Å². The Morgan fingerprint density at radius 2 is 1.66 bits per heavy atom. The Morgan fingerprint density at radius 1 is 0.966 bits per heavy atom. The van der Waals surface area contributed by atoms with Gasteiger partial charge >= 0.3 is 0 Å². The molecule has 0 radical (unpaired) electrons. The van der Waals surface area contributed by atoms with Gasteiger partial charge in [0.05, 0.1) is 13.1 Å². The lowest BCUT2D eigenvalue weighted by Crippen LogP contribution is -2.39. The van der Waals surface area contributed by atoms with Crippen LogP contribution >= 0.6 is 0 Å². The molecule has 7 nitrogen and oxygen atoms in total. The van der Waals surface area contributed by atoms with Crippen LogP contribution in [0.3, 0.4) is 0 Å². The van der Waals surface area contributed by atoms with E-state index in [1.165, 1.54) is 6.07 Å². The zero-order valence-electron chi connectivity index (χ0n) is 16.1. The van der Waals surface area contributed by atoms with E-state index in [1.54, 1.807) is 43.3 Å². The fourth-order valence-corrected chi connectivity index (χ4v) is 2.53. The fourth-order valence-electron chi connectivity index (χ4n) is 2.53. The first kappa shape index (κ1) is 22.0. The molecule has 2 aromatic rings. The largest absolute Gasteiger partial charge is 0.355 e. The Kier molecular flexibility index (Phi) is 7.79. The third-order valence-corrected chi connectivity index (χ3v) is 3.96. The summed E-state index contributed by atoms with van der Waals surface area (Å²) in [5, 5.41) is 7.38. The fraction of sp³-hybridized carbons (Fsp3) is 0.250. The lowest BCUT2D eigenvalue weighted by Gasteiger charge is -2.16. The summed E-state index contributed by atoms with van der Waals surface area (Å²) in [4.78, 5) is 37.1. The molecular formula is C20H22F2N4O3. The molecule has 0 aromatic heterocycles. The van der Waals surface area contributed by atoms with Crippen LogP contribution in [-0.4, -0.2) is 49.8 Å². The van der Waals surface area contributed by atoms with Gasteiger partial charge in [0.1, 0.15) is 0 Å². The number of benzene rings is 2. The van der Waals surface area contributed by atoms with E-state index in [1.807, 2.05) is 0 Å². The van der Waals surface area contributed by atoms with Crippen molar-refractivity contribution < 1.29 is 23.2 Å². The normalized spacial score (nSPS) is 10.5. The van der Waals surface area contributed by atoms with Crippen LogP contribution in [0.15, 0.2) is 42.5 Å². The molecule has 3 N–H and O–H groups in total. The van der Waals surface area contributed by atoms with Gasteiger partial charge in [0, 0.05) is 30.9 Å². The highest BCUT2D eigenvalue weighted by atomic mass is 19.2. The lowest BCUT2D eigenvalue weighted by molar-refractivity contribution is -0.124. The van der Waals surface area contributed by atoms with Gasteiger partial charge in [-0.05, 0) is 36.9 Å². The van der Waals surface area contributed by atoms with Crippen molar-refractivity contribution in [1.82, 2.24) is 15.5 Å². The molecule has 3 amide bonds. The summed E-state index contributed by atoms with van der Waals surface area (Å²) in [5.74, 6) is -3.18. The molecule has 0 saturated carbocycles. The number of rotatable bonds is 8. The van der Waals surface area contributed by atoms with Gasteiger partial charge in [0.15, 0.2) is 11.6 Å². The van der Waals surface area contributed by atoms with Crippen molar-refractivity contribution in [1.29, 1.82) is 0 Å². The molecular weight excluding hydrogens is 382 g/mol. The van der Waals surface area contributed by atoms with Crippen molar-refractivity contribution in [2.24, 2.45) is 0 Å². The third kappa shape index (κ3) is 6.96. The van der Waals surface area contributed by atoms with Gasteiger partial charge in [0.25, 0.3) is 5.91 Å². The smallest absolute Gasteiger partial charge is 0.251 e. The predicted octanol–water partition coefficient (Wildman–Crippen LogP) is 1.51. The maximum absolute atomic E-state index is 13.1. The zero-order valence-corrected chi connectivity index (χ0v) is 16.1. The average Bonchev–Trinajstić information content (AvgIpc) is 2.69. The molecule has 0 unspecified atom stereocenters. The van der Waals surface area contributed by atoms with Gasteiger partial charge in [-0.2, -0.15) is 0 Å². The van der Waals surface area contributed by atoms with Crippen LogP contribution in [0.5, 0.6) is 0 Å².